The molecular formula is C16H22ClF3N2O. The second kappa shape index (κ2) is 8.55. The van der Waals surface area contributed by atoms with Crippen molar-refractivity contribution in [2.45, 2.75) is 44.3 Å². The topological polar surface area (TPSA) is 41.1 Å². The Labute approximate surface area is 140 Å². The van der Waals surface area contributed by atoms with Crippen LogP contribution < -0.4 is 10.6 Å². The minimum absolute atomic E-state index is 0. The lowest BCUT2D eigenvalue weighted by Crippen LogP contribution is -2.37. The van der Waals surface area contributed by atoms with Gasteiger partial charge in [0.2, 0.25) is 5.91 Å². The Balaban J connectivity index is 0.00000264. The van der Waals surface area contributed by atoms with Gasteiger partial charge >= 0.3 is 6.18 Å². The minimum atomic E-state index is -4.39. The molecule has 1 fully saturated rings. The molecule has 1 amide bonds. The van der Waals surface area contributed by atoms with Crippen LogP contribution in [0.2, 0.25) is 0 Å². The first kappa shape index (κ1) is 19.8. The highest BCUT2D eigenvalue weighted by Gasteiger charge is 2.34. The molecule has 1 aliphatic heterocycles. The fourth-order valence-electron chi connectivity index (χ4n) is 2.81. The number of alkyl halides is 3. The smallest absolute Gasteiger partial charge is 0.355 e. The lowest BCUT2D eigenvalue weighted by atomic mass is 9.92. The Morgan fingerprint density at radius 1 is 1.39 bits per heavy atom. The van der Waals surface area contributed by atoms with E-state index in [-0.39, 0.29) is 36.3 Å². The van der Waals surface area contributed by atoms with Crippen LogP contribution in [-0.2, 0) is 11.0 Å². The first-order valence-corrected chi connectivity index (χ1v) is 7.54. The quantitative estimate of drug-likeness (QED) is 0.853. The van der Waals surface area contributed by atoms with Gasteiger partial charge in [-0.2, -0.15) is 13.2 Å². The Morgan fingerprint density at radius 2 is 2.09 bits per heavy atom. The van der Waals surface area contributed by atoms with Crippen molar-refractivity contribution in [3.05, 3.63) is 35.4 Å². The summed E-state index contributed by atoms with van der Waals surface area (Å²) in [7, 11) is 0. The molecule has 130 valence electrons. The minimum Gasteiger partial charge on any atom is -0.355 e. The van der Waals surface area contributed by atoms with Gasteiger partial charge in [0.1, 0.15) is 0 Å². The molecule has 0 saturated carbocycles. The van der Waals surface area contributed by atoms with Gasteiger partial charge in [0.05, 0.1) is 5.56 Å². The Hall–Kier alpha value is -1.27. The lowest BCUT2D eigenvalue weighted by molar-refractivity contribution is -0.138. The molecule has 1 aliphatic rings. The molecule has 3 nitrogen and oxygen atoms in total. The van der Waals surface area contributed by atoms with Gasteiger partial charge in [0.25, 0.3) is 0 Å². The van der Waals surface area contributed by atoms with E-state index in [0.29, 0.717) is 6.54 Å². The molecule has 0 bridgehead atoms. The molecule has 1 saturated heterocycles. The fourth-order valence-corrected chi connectivity index (χ4v) is 2.81. The van der Waals surface area contributed by atoms with Crippen LogP contribution in [0.1, 0.15) is 43.2 Å². The largest absolute Gasteiger partial charge is 0.416 e. The summed E-state index contributed by atoms with van der Waals surface area (Å²) in [4.78, 5) is 11.9. The van der Waals surface area contributed by atoms with Crippen molar-refractivity contribution >= 4 is 18.3 Å². The number of halogens is 4. The van der Waals surface area contributed by atoms with Gasteiger partial charge in [-0.25, -0.2) is 0 Å². The summed E-state index contributed by atoms with van der Waals surface area (Å²) in [6.07, 6.45) is -2.22. The molecule has 2 N–H and O–H groups in total. The molecule has 0 radical (unpaired) electrons. The summed E-state index contributed by atoms with van der Waals surface area (Å²) in [5, 5.41) is 6.06. The third-order valence-electron chi connectivity index (χ3n) is 4.00. The summed E-state index contributed by atoms with van der Waals surface area (Å²) < 4.78 is 39.0. The molecule has 1 aromatic carbocycles. The van der Waals surface area contributed by atoms with Crippen molar-refractivity contribution in [3.8, 4) is 0 Å². The Bertz CT molecular complexity index is 516. The number of benzene rings is 1. The summed E-state index contributed by atoms with van der Waals surface area (Å²) in [5.74, 6) is -0.687. The molecule has 2 unspecified atom stereocenters. The molecular weight excluding hydrogens is 329 g/mol. The SMILES string of the molecule is CC(CC(=O)NCC1CCCN1)c1ccccc1C(F)(F)F.Cl. The van der Waals surface area contributed by atoms with Crippen LogP contribution in [0.25, 0.3) is 0 Å². The molecule has 2 rings (SSSR count). The van der Waals surface area contributed by atoms with Crippen LogP contribution in [-0.4, -0.2) is 25.0 Å². The van der Waals surface area contributed by atoms with E-state index in [1.54, 1.807) is 13.0 Å². The van der Waals surface area contributed by atoms with E-state index < -0.39 is 17.7 Å². The molecule has 0 aliphatic carbocycles. The lowest BCUT2D eigenvalue weighted by Gasteiger charge is -2.18. The number of carbonyl (C=O) groups is 1. The number of hydrogen-bond donors (Lipinski definition) is 2. The van der Waals surface area contributed by atoms with Crippen LogP contribution in [0.4, 0.5) is 13.2 Å². The van der Waals surface area contributed by atoms with Crippen LogP contribution in [0, 0.1) is 0 Å². The predicted molar refractivity (Wildman–Crippen MR) is 85.8 cm³/mol. The van der Waals surface area contributed by atoms with E-state index in [0.717, 1.165) is 25.5 Å². The third kappa shape index (κ3) is 5.70. The zero-order valence-electron chi connectivity index (χ0n) is 13.0. The van der Waals surface area contributed by atoms with E-state index in [1.165, 1.54) is 12.1 Å². The summed E-state index contributed by atoms with van der Waals surface area (Å²) in [6, 6.07) is 5.72. The zero-order chi connectivity index (χ0) is 16.2. The third-order valence-corrected chi connectivity index (χ3v) is 4.00. The number of rotatable bonds is 5. The van der Waals surface area contributed by atoms with Crippen LogP contribution in [0.15, 0.2) is 24.3 Å². The maximum Gasteiger partial charge on any atom is 0.416 e. The van der Waals surface area contributed by atoms with Crippen molar-refractivity contribution in [2.24, 2.45) is 0 Å². The Kier molecular flexibility index (Phi) is 7.35. The van der Waals surface area contributed by atoms with E-state index in [2.05, 4.69) is 10.6 Å². The van der Waals surface area contributed by atoms with Crippen LogP contribution in [0.5, 0.6) is 0 Å². The van der Waals surface area contributed by atoms with Crippen LogP contribution >= 0.6 is 12.4 Å². The molecule has 23 heavy (non-hydrogen) atoms. The van der Waals surface area contributed by atoms with Gasteiger partial charge in [0.15, 0.2) is 0 Å². The van der Waals surface area contributed by atoms with Crippen molar-refractivity contribution in [1.82, 2.24) is 10.6 Å². The van der Waals surface area contributed by atoms with Crippen molar-refractivity contribution in [1.29, 1.82) is 0 Å². The zero-order valence-corrected chi connectivity index (χ0v) is 13.8. The van der Waals surface area contributed by atoms with Gasteiger partial charge in [-0.15, -0.1) is 12.4 Å². The predicted octanol–water partition coefficient (Wildman–Crippen LogP) is 3.49. The molecule has 1 heterocycles. The maximum atomic E-state index is 13.0. The second-order valence-electron chi connectivity index (χ2n) is 5.79. The van der Waals surface area contributed by atoms with Gasteiger partial charge in [-0.1, -0.05) is 25.1 Å². The first-order chi connectivity index (χ1) is 10.4. The molecule has 2 atom stereocenters. The van der Waals surface area contributed by atoms with Gasteiger partial charge < -0.3 is 10.6 Å². The highest BCUT2D eigenvalue weighted by Crippen LogP contribution is 2.35. The summed E-state index contributed by atoms with van der Waals surface area (Å²) in [6.45, 7) is 3.14. The molecule has 0 aromatic heterocycles. The molecule has 1 aromatic rings. The van der Waals surface area contributed by atoms with Crippen molar-refractivity contribution in [3.63, 3.8) is 0 Å². The Morgan fingerprint density at radius 3 is 2.70 bits per heavy atom. The fraction of sp³-hybridized carbons (Fsp3) is 0.562. The second-order valence-corrected chi connectivity index (χ2v) is 5.79. The van der Waals surface area contributed by atoms with Gasteiger partial charge in [-0.3, -0.25) is 4.79 Å². The summed E-state index contributed by atoms with van der Waals surface area (Å²) in [5.41, 5.74) is -0.489. The highest BCUT2D eigenvalue weighted by molar-refractivity contribution is 5.85. The van der Waals surface area contributed by atoms with E-state index in [1.807, 2.05) is 0 Å². The average molecular weight is 351 g/mol. The standard InChI is InChI=1S/C16H21F3N2O.ClH/c1-11(9-15(22)21-10-12-5-4-8-20-12)13-6-2-3-7-14(13)16(17,18)19;/h2-3,6-7,11-12,20H,4-5,8-10H2,1H3,(H,21,22);1H. The normalized spacial score (nSPS) is 19.0. The average Bonchev–Trinajstić information content (AvgIpc) is 2.97. The highest BCUT2D eigenvalue weighted by atomic mass is 35.5. The van der Waals surface area contributed by atoms with Crippen molar-refractivity contribution < 1.29 is 18.0 Å². The van der Waals surface area contributed by atoms with Gasteiger partial charge in [-0.05, 0) is 36.9 Å². The van der Waals surface area contributed by atoms with Crippen molar-refractivity contribution in [2.75, 3.05) is 13.1 Å². The number of amides is 1. The van der Waals surface area contributed by atoms with Gasteiger partial charge in [0, 0.05) is 19.0 Å². The maximum absolute atomic E-state index is 13.0. The van der Waals surface area contributed by atoms with Crippen LogP contribution in [0.3, 0.4) is 0 Å². The number of hydrogen-bond acceptors (Lipinski definition) is 2. The molecule has 7 heteroatoms. The monoisotopic (exact) mass is 350 g/mol. The van der Waals surface area contributed by atoms with E-state index in [9.17, 15) is 18.0 Å². The van der Waals surface area contributed by atoms with E-state index >= 15 is 0 Å². The first-order valence-electron chi connectivity index (χ1n) is 7.54. The summed E-state index contributed by atoms with van der Waals surface area (Å²) >= 11 is 0. The number of carbonyl (C=O) groups excluding carboxylic acids is 1. The number of nitrogens with one attached hydrogen (secondary N) is 2. The molecule has 0 spiro atoms. The van der Waals surface area contributed by atoms with E-state index in [4.69, 9.17) is 0 Å².